The van der Waals surface area contributed by atoms with Gasteiger partial charge in [-0.05, 0) is 172 Å². The molecule has 0 saturated heterocycles. The van der Waals surface area contributed by atoms with Crippen molar-refractivity contribution in [2.45, 2.75) is 5.25 Å². The average molecular weight is 1260 g/mol. The topological polar surface area (TPSA) is 136 Å². The van der Waals surface area contributed by atoms with Gasteiger partial charge in [-0.15, -0.1) is 0 Å². The number of ether oxygens (including phenoxy) is 3. The van der Waals surface area contributed by atoms with Gasteiger partial charge in [-0.3, -0.25) is 0 Å². The highest BCUT2D eigenvalue weighted by molar-refractivity contribution is 14.1. The Bertz CT molecular complexity index is 1680. The molecular weight excluding hydrogens is 1250 g/mol. The molecule has 9 nitrogen and oxygen atoms in total. The molecular formula is C23H9F2I6O9S-. The lowest BCUT2D eigenvalue weighted by molar-refractivity contribution is -0.0101. The van der Waals surface area contributed by atoms with Crippen molar-refractivity contribution in [2.24, 2.45) is 0 Å². The fourth-order valence-corrected chi connectivity index (χ4v) is 7.80. The van der Waals surface area contributed by atoms with Crippen molar-refractivity contribution in [3.8, 4) is 11.5 Å². The normalized spacial score (nSPS) is 11.6. The van der Waals surface area contributed by atoms with Crippen LogP contribution in [-0.2, 0) is 14.9 Å². The molecule has 0 unspecified atom stereocenters. The molecule has 0 N–H and O–H groups in total. The van der Waals surface area contributed by atoms with Crippen molar-refractivity contribution in [3.05, 3.63) is 80.6 Å². The minimum Gasteiger partial charge on any atom is -0.743 e. The Hall–Kier alpha value is 0.220. The number of carbonyl (C=O) groups excluding carboxylic acids is 3. The van der Waals surface area contributed by atoms with E-state index in [1.54, 1.807) is 12.1 Å². The van der Waals surface area contributed by atoms with Gasteiger partial charge in [0.25, 0.3) is 0 Å². The largest absolute Gasteiger partial charge is 0.743 e. The summed E-state index contributed by atoms with van der Waals surface area (Å²) in [5.74, 6) is -3.92. The molecule has 0 bridgehead atoms. The fourth-order valence-electron chi connectivity index (χ4n) is 2.84. The second kappa shape index (κ2) is 14.5. The standard InChI is InChI=1S/C23H10F2I6O9S/c24-23(25,41(35,36)37)8-38-20(32)12-2-1-11(39-21(33)13-3-9(26)5-15(28)18(13)30)7-17(12)40-22(34)14-4-10(27)6-16(29)19(14)31/h1-7H,8H2,(H,35,36,37)/p-1. The van der Waals surface area contributed by atoms with Gasteiger partial charge in [-0.25, -0.2) is 22.8 Å². The first-order valence-corrected chi connectivity index (χ1v) is 18.2. The number of hydrogen-bond acceptors (Lipinski definition) is 9. The minimum absolute atomic E-state index is 0.121. The zero-order valence-electron chi connectivity index (χ0n) is 19.4. The van der Waals surface area contributed by atoms with Crippen molar-refractivity contribution in [3.63, 3.8) is 0 Å². The van der Waals surface area contributed by atoms with Crippen molar-refractivity contribution in [1.29, 1.82) is 0 Å². The molecule has 0 aliphatic heterocycles. The smallest absolute Gasteiger partial charge is 0.367 e. The maximum Gasteiger partial charge on any atom is 0.367 e. The van der Waals surface area contributed by atoms with E-state index in [4.69, 9.17) is 9.47 Å². The van der Waals surface area contributed by atoms with E-state index in [1.165, 1.54) is 6.07 Å². The van der Waals surface area contributed by atoms with Crippen LogP contribution in [0.1, 0.15) is 31.1 Å². The van der Waals surface area contributed by atoms with E-state index in [0.29, 0.717) is 10.7 Å². The van der Waals surface area contributed by atoms with Gasteiger partial charge < -0.3 is 18.8 Å². The Morgan fingerprint density at radius 3 is 1.71 bits per heavy atom. The molecule has 41 heavy (non-hydrogen) atoms. The molecule has 0 aliphatic carbocycles. The molecule has 0 radical (unpaired) electrons. The van der Waals surface area contributed by atoms with Crippen molar-refractivity contribution in [1.82, 2.24) is 0 Å². The van der Waals surface area contributed by atoms with Crippen LogP contribution < -0.4 is 9.47 Å². The third kappa shape index (κ3) is 9.13. The summed E-state index contributed by atoms with van der Waals surface area (Å²) in [4.78, 5) is 38.7. The second-order valence-electron chi connectivity index (χ2n) is 7.60. The van der Waals surface area contributed by atoms with Crippen molar-refractivity contribution >= 4 is 164 Å². The Morgan fingerprint density at radius 1 is 0.732 bits per heavy atom. The van der Waals surface area contributed by atoms with Crippen molar-refractivity contribution in [2.75, 3.05) is 6.61 Å². The van der Waals surface area contributed by atoms with Crippen LogP contribution in [-0.4, -0.2) is 42.7 Å². The van der Waals surface area contributed by atoms with Gasteiger partial charge in [-0.2, -0.15) is 8.78 Å². The molecule has 218 valence electrons. The summed E-state index contributed by atoms with van der Waals surface area (Å²) in [5.41, 5.74) is -0.213. The Morgan fingerprint density at radius 2 is 1.22 bits per heavy atom. The number of carbonyl (C=O) groups is 3. The Balaban J connectivity index is 2.00. The summed E-state index contributed by atoms with van der Waals surface area (Å²) in [5, 5.41) is -4.90. The summed E-state index contributed by atoms with van der Waals surface area (Å²) in [6, 6.07) is 9.89. The summed E-state index contributed by atoms with van der Waals surface area (Å²) < 4.78 is 78.9. The molecule has 3 rings (SSSR count). The number of esters is 3. The Kier molecular flexibility index (Phi) is 12.7. The molecule has 0 atom stereocenters. The molecule has 0 heterocycles. The lowest BCUT2D eigenvalue weighted by Crippen LogP contribution is -2.34. The van der Waals surface area contributed by atoms with E-state index < -0.39 is 51.2 Å². The maximum atomic E-state index is 13.6. The first-order chi connectivity index (χ1) is 18.9. The van der Waals surface area contributed by atoms with Crippen LogP contribution in [0.3, 0.4) is 0 Å². The summed E-state index contributed by atoms with van der Waals surface area (Å²) in [7, 11) is -6.12. The monoisotopic (exact) mass is 1260 g/mol. The third-order valence-corrected chi connectivity index (χ3v) is 12.9. The van der Waals surface area contributed by atoms with Crippen LogP contribution in [0.4, 0.5) is 8.78 Å². The van der Waals surface area contributed by atoms with Gasteiger partial charge in [0.05, 0.1) is 11.1 Å². The summed E-state index contributed by atoms with van der Waals surface area (Å²) in [6.45, 7) is -2.07. The van der Waals surface area contributed by atoms with Gasteiger partial charge in [-0.1, -0.05) is 0 Å². The van der Waals surface area contributed by atoms with Crippen LogP contribution in [0.2, 0.25) is 0 Å². The number of benzene rings is 3. The highest BCUT2D eigenvalue weighted by Gasteiger charge is 2.39. The lowest BCUT2D eigenvalue weighted by Gasteiger charge is -2.20. The highest BCUT2D eigenvalue weighted by Crippen LogP contribution is 2.31. The summed E-state index contributed by atoms with van der Waals surface area (Å²) >= 11 is 12.0. The molecule has 18 heteroatoms. The highest BCUT2D eigenvalue weighted by atomic mass is 127. The minimum atomic E-state index is -6.12. The number of rotatable bonds is 8. The van der Waals surface area contributed by atoms with E-state index in [1.807, 2.05) is 119 Å². The molecule has 0 aromatic heterocycles. The molecule has 0 amide bonds. The summed E-state index contributed by atoms with van der Waals surface area (Å²) in [6.07, 6.45) is 0. The van der Waals surface area contributed by atoms with E-state index in [0.717, 1.165) is 28.9 Å². The predicted octanol–water partition coefficient (Wildman–Crippen LogP) is 7.05. The molecule has 3 aromatic rings. The Labute approximate surface area is 313 Å². The van der Waals surface area contributed by atoms with Gasteiger partial charge in [0.15, 0.2) is 16.7 Å². The number of hydrogen-bond donors (Lipinski definition) is 0. The predicted molar refractivity (Wildman–Crippen MR) is 190 cm³/mol. The molecule has 0 spiro atoms. The fraction of sp³-hybridized carbons (Fsp3) is 0.0870. The molecule has 0 fully saturated rings. The average Bonchev–Trinajstić information content (AvgIpc) is 2.86. The van der Waals surface area contributed by atoms with Crippen LogP contribution in [0.25, 0.3) is 0 Å². The zero-order chi connectivity index (χ0) is 30.9. The maximum absolute atomic E-state index is 13.6. The van der Waals surface area contributed by atoms with Crippen LogP contribution >= 0.6 is 136 Å². The first-order valence-electron chi connectivity index (χ1n) is 10.3. The quantitative estimate of drug-likeness (QED) is 0.0765. The second-order valence-corrected chi connectivity index (χ2v) is 16.1. The lowest BCUT2D eigenvalue weighted by atomic mass is 10.1. The van der Waals surface area contributed by atoms with Crippen LogP contribution in [0, 0.1) is 21.4 Å². The van der Waals surface area contributed by atoms with E-state index in [-0.39, 0.29) is 16.9 Å². The van der Waals surface area contributed by atoms with Crippen molar-refractivity contribution < 1.29 is 50.3 Å². The zero-order valence-corrected chi connectivity index (χ0v) is 33.1. The molecule has 0 aliphatic rings. The SMILES string of the molecule is O=C(OCC(F)(F)S(=O)(=O)[O-])c1ccc(OC(=O)c2cc(I)cc(I)c2I)cc1OC(=O)c1cc(I)cc(I)c1I. The third-order valence-electron chi connectivity index (χ3n) is 4.75. The first kappa shape index (κ1) is 35.7. The van der Waals surface area contributed by atoms with E-state index >= 15 is 0 Å². The number of halogens is 8. The van der Waals surface area contributed by atoms with Gasteiger partial charge in [0, 0.05) is 27.5 Å². The molecule has 0 saturated carbocycles. The van der Waals surface area contributed by atoms with E-state index in [9.17, 15) is 36.1 Å². The molecule has 3 aromatic carbocycles. The van der Waals surface area contributed by atoms with E-state index in [2.05, 4.69) is 27.3 Å². The van der Waals surface area contributed by atoms with Gasteiger partial charge in [0.1, 0.15) is 17.1 Å². The van der Waals surface area contributed by atoms with Gasteiger partial charge >= 0.3 is 23.2 Å². The number of alkyl halides is 2. The van der Waals surface area contributed by atoms with Gasteiger partial charge in [0.2, 0.25) is 0 Å². The van der Waals surface area contributed by atoms with Crippen LogP contribution in [0.15, 0.2) is 42.5 Å². The van der Waals surface area contributed by atoms with Crippen LogP contribution in [0.5, 0.6) is 11.5 Å².